The molecule has 0 radical (unpaired) electrons. The Bertz CT molecular complexity index is 673. The van der Waals surface area contributed by atoms with Gasteiger partial charge >= 0.3 is 11.9 Å². The van der Waals surface area contributed by atoms with Gasteiger partial charge in [0.15, 0.2) is 0 Å². The van der Waals surface area contributed by atoms with Crippen LogP contribution in [0.5, 0.6) is 0 Å². The topological polar surface area (TPSA) is 132 Å². The van der Waals surface area contributed by atoms with E-state index >= 15 is 0 Å². The lowest BCUT2D eigenvalue weighted by atomic mass is 9.70. The van der Waals surface area contributed by atoms with Crippen LogP contribution in [0.2, 0.25) is 0 Å². The summed E-state index contributed by atoms with van der Waals surface area (Å²) < 4.78 is 0. The fourth-order valence-electron chi connectivity index (χ4n) is 4.02. The summed E-state index contributed by atoms with van der Waals surface area (Å²) in [6.45, 7) is 7.98. The number of carboxylic acid groups (broad SMARTS) is 3. The van der Waals surface area contributed by atoms with Gasteiger partial charge in [-0.25, -0.2) is 9.59 Å². The van der Waals surface area contributed by atoms with Crippen LogP contribution in [-0.4, -0.2) is 44.4 Å². The lowest BCUT2D eigenvalue weighted by Crippen LogP contribution is -2.35. The Kier molecular flexibility index (Phi) is 7.14. The average Bonchev–Trinajstić information content (AvgIpc) is 2.88. The molecule has 1 aromatic rings. The molecule has 27 heavy (non-hydrogen) atoms. The highest BCUT2D eigenvalue weighted by atomic mass is 16.4. The van der Waals surface area contributed by atoms with E-state index in [0.717, 1.165) is 19.3 Å². The first kappa shape index (κ1) is 22.6. The maximum Gasteiger partial charge on any atom is 0.336 e. The number of benzene rings is 1. The zero-order valence-corrected chi connectivity index (χ0v) is 16.1. The molecule has 2 bridgehead atoms. The maximum absolute atomic E-state index is 10.5. The first-order valence-corrected chi connectivity index (χ1v) is 8.77. The predicted molar refractivity (Wildman–Crippen MR) is 98.9 cm³/mol. The third-order valence-corrected chi connectivity index (χ3v) is 6.14. The van der Waals surface area contributed by atoms with Crippen LogP contribution in [-0.2, 0) is 4.79 Å². The number of aromatic carboxylic acids is 2. The molecule has 0 saturated heterocycles. The molecule has 0 spiro atoms. The Morgan fingerprint density at radius 2 is 1.37 bits per heavy atom. The van der Waals surface area contributed by atoms with Gasteiger partial charge in [-0.15, -0.1) is 0 Å². The van der Waals surface area contributed by atoms with Gasteiger partial charge in [0.2, 0.25) is 0 Å². The van der Waals surface area contributed by atoms with Gasteiger partial charge in [0, 0.05) is 6.92 Å². The van der Waals surface area contributed by atoms with Crippen molar-refractivity contribution in [2.75, 3.05) is 0 Å². The van der Waals surface area contributed by atoms with Gasteiger partial charge in [0.05, 0.1) is 17.2 Å². The van der Waals surface area contributed by atoms with Crippen LogP contribution in [0.4, 0.5) is 0 Å². The highest BCUT2D eigenvalue weighted by Crippen LogP contribution is 2.65. The molecule has 0 aromatic heterocycles. The van der Waals surface area contributed by atoms with Crippen LogP contribution in [0, 0.1) is 16.7 Å². The molecule has 0 aliphatic heterocycles. The van der Waals surface area contributed by atoms with Crippen molar-refractivity contribution in [1.82, 2.24) is 0 Å². The summed E-state index contributed by atoms with van der Waals surface area (Å²) in [5.41, 5.74) is 0.222. The average molecular weight is 380 g/mol. The molecule has 3 atom stereocenters. The summed E-state index contributed by atoms with van der Waals surface area (Å²) in [5, 5.41) is 34.3. The molecule has 0 amide bonds. The van der Waals surface area contributed by atoms with Gasteiger partial charge < -0.3 is 20.4 Å². The molecule has 1 aromatic carbocycles. The molecule has 2 fully saturated rings. The third-order valence-electron chi connectivity index (χ3n) is 6.14. The number of fused-ring (bicyclic) bond motifs is 2. The van der Waals surface area contributed by atoms with Crippen LogP contribution < -0.4 is 0 Å². The molecular weight excluding hydrogens is 352 g/mol. The van der Waals surface area contributed by atoms with E-state index in [1.54, 1.807) is 0 Å². The quantitative estimate of drug-likeness (QED) is 0.618. The number of carbonyl (C=O) groups is 3. The zero-order chi connectivity index (χ0) is 21.0. The Morgan fingerprint density at radius 1 is 0.963 bits per heavy atom. The summed E-state index contributed by atoms with van der Waals surface area (Å²) >= 11 is 0. The number of rotatable bonds is 2. The van der Waals surface area contributed by atoms with Crippen LogP contribution in [0.25, 0.3) is 0 Å². The van der Waals surface area contributed by atoms with Crippen molar-refractivity contribution in [3.05, 3.63) is 35.4 Å². The molecule has 4 N–H and O–H groups in total. The molecule has 150 valence electrons. The number of aliphatic hydroxyl groups excluding tert-OH is 1. The standard InChI is InChI=1S/C10H18O.C8H6O4.C2H4O2/c1-9(2)7-4-5-10(9,3)8(11)6-7;9-7(10)5-3-1-2-4-6(5)8(11)12;1-2(3)4/h7-8,11H,4-6H2,1-3H3;1-4H,(H,9,10)(H,11,12);1H3,(H,3,4). The number of hydrogen-bond acceptors (Lipinski definition) is 4. The summed E-state index contributed by atoms with van der Waals surface area (Å²) in [6.07, 6.45) is 3.58. The molecule has 7 nitrogen and oxygen atoms in total. The van der Waals surface area contributed by atoms with E-state index in [1.165, 1.54) is 37.1 Å². The van der Waals surface area contributed by atoms with E-state index in [-0.39, 0.29) is 22.6 Å². The highest BCUT2D eigenvalue weighted by Gasteiger charge is 2.60. The van der Waals surface area contributed by atoms with Gasteiger partial charge in [0.1, 0.15) is 0 Å². The van der Waals surface area contributed by atoms with E-state index in [1.807, 2.05) is 0 Å². The fourth-order valence-corrected chi connectivity index (χ4v) is 4.02. The van der Waals surface area contributed by atoms with Crippen molar-refractivity contribution in [3.63, 3.8) is 0 Å². The van der Waals surface area contributed by atoms with Gasteiger partial charge in [-0.2, -0.15) is 0 Å². The minimum absolute atomic E-state index is 0.0313. The number of carboxylic acids is 3. The minimum Gasteiger partial charge on any atom is -0.481 e. The summed E-state index contributed by atoms with van der Waals surface area (Å²) in [7, 11) is 0. The van der Waals surface area contributed by atoms with Crippen LogP contribution >= 0.6 is 0 Å². The van der Waals surface area contributed by atoms with E-state index in [2.05, 4.69) is 20.8 Å². The van der Waals surface area contributed by atoms with E-state index in [0.29, 0.717) is 5.41 Å². The van der Waals surface area contributed by atoms with Gasteiger partial charge in [-0.1, -0.05) is 32.9 Å². The first-order valence-electron chi connectivity index (χ1n) is 8.77. The number of aliphatic hydroxyl groups is 1. The summed E-state index contributed by atoms with van der Waals surface area (Å²) in [4.78, 5) is 29.9. The van der Waals surface area contributed by atoms with Crippen LogP contribution in [0.15, 0.2) is 24.3 Å². The van der Waals surface area contributed by atoms with Gasteiger partial charge in [-0.05, 0) is 48.1 Å². The van der Waals surface area contributed by atoms with Crippen molar-refractivity contribution < 1.29 is 34.8 Å². The lowest BCUT2D eigenvalue weighted by Gasteiger charge is -2.36. The van der Waals surface area contributed by atoms with Crippen LogP contribution in [0.3, 0.4) is 0 Å². The fraction of sp³-hybridized carbons (Fsp3) is 0.550. The Labute approximate surface area is 158 Å². The number of hydrogen-bond donors (Lipinski definition) is 4. The van der Waals surface area contributed by atoms with E-state index in [4.69, 9.17) is 20.1 Å². The monoisotopic (exact) mass is 380 g/mol. The van der Waals surface area contributed by atoms with Crippen molar-refractivity contribution >= 4 is 17.9 Å². The van der Waals surface area contributed by atoms with Crippen molar-refractivity contribution in [3.8, 4) is 0 Å². The summed E-state index contributed by atoms with van der Waals surface area (Å²) in [6, 6.07) is 5.48. The van der Waals surface area contributed by atoms with Crippen molar-refractivity contribution in [2.24, 2.45) is 16.7 Å². The Balaban J connectivity index is 0.000000227. The molecule has 3 unspecified atom stereocenters. The van der Waals surface area contributed by atoms with Gasteiger partial charge in [-0.3, -0.25) is 4.79 Å². The molecule has 2 saturated carbocycles. The normalized spacial score (nSPS) is 26.9. The minimum atomic E-state index is -1.23. The molecule has 2 aliphatic rings. The van der Waals surface area contributed by atoms with Crippen molar-refractivity contribution in [1.29, 1.82) is 0 Å². The molecule has 2 aliphatic carbocycles. The maximum atomic E-state index is 10.5. The first-order chi connectivity index (χ1) is 12.3. The van der Waals surface area contributed by atoms with Crippen molar-refractivity contribution in [2.45, 2.75) is 53.1 Å². The smallest absolute Gasteiger partial charge is 0.336 e. The molecular formula is C20H28O7. The van der Waals surface area contributed by atoms with E-state index in [9.17, 15) is 14.7 Å². The largest absolute Gasteiger partial charge is 0.481 e. The molecule has 0 heterocycles. The predicted octanol–water partition coefficient (Wildman–Crippen LogP) is 3.37. The Hall–Kier alpha value is -2.41. The SMILES string of the molecule is CC(=O)O.CC1(C)C2CCC1(C)C(O)C2.O=C(O)c1ccccc1C(=O)O. The van der Waals surface area contributed by atoms with E-state index < -0.39 is 17.9 Å². The zero-order valence-electron chi connectivity index (χ0n) is 16.1. The van der Waals surface area contributed by atoms with Crippen LogP contribution in [0.1, 0.15) is 67.7 Å². The summed E-state index contributed by atoms with van der Waals surface area (Å²) in [5.74, 6) is -2.51. The second-order valence-electron chi connectivity index (χ2n) is 7.80. The second-order valence-corrected chi connectivity index (χ2v) is 7.80. The third kappa shape index (κ3) is 4.86. The second kappa shape index (κ2) is 8.52. The highest BCUT2D eigenvalue weighted by molar-refractivity contribution is 6.01. The molecule has 3 rings (SSSR count). The Morgan fingerprint density at radius 3 is 1.56 bits per heavy atom. The number of aliphatic carboxylic acids is 1. The van der Waals surface area contributed by atoms with Gasteiger partial charge in [0.25, 0.3) is 5.97 Å². The lowest BCUT2D eigenvalue weighted by molar-refractivity contribution is -0.134. The molecule has 7 heteroatoms.